The Kier molecular flexibility index (Phi) is 2.01. The highest BCUT2D eigenvalue weighted by Crippen LogP contribution is 2.16. The molecule has 0 aliphatic rings. The summed E-state index contributed by atoms with van der Waals surface area (Å²) < 4.78 is 24.9. The Balaban J connectivity index is 3.39. The molecule has 0 unspecified atom stereocenters. The van der Waals surface area contributed by atoms with E-state index in [9.17, 15) is 8.78 Å². The van der Waals surface area contributed by atoms with Gasteiger partial charge in [-0.2, -0.15) is 9.65 Å². The molecule has 0 saturated heterocycles. The number of aromatic nitrogens is 1. The second kappa shape index (κ2) is 2.81. The molecule has 0 saturated carbocycles. The fraction of sp³-hybridized carbons (Fsp3) is 0. The predicted octanol–water partition coefficient (Wildman–Crippen LogP) is 1.88. The lowest BCUT2D eigenvalue weighted by Gasteiger charge is -1.94. The van der Waals surface area contributed by atoms with Crippen LogP contribution in [0, 0.1) is 23.1 Å². The fourth-order valence-electron chi connectivity index (χ4n) is 0.543. The van der Waals surface area contributed by atoms with Crippen molar-refractivity contribution in [2.75, 3.05) is 0 Å². The summed E-state index contributed by atoms with van der Waals surface area (Å²) in [7, 11) is 0. The highest BCUT2D eigenvalue weighted by atomic mass is 35.5. The van der Waals surface area contributed by atoms with Crippen LogP contribution in [0.25, 0.3) is 0 Å². The summed E-state index contributed by atoms with van der Waals surface area (Å²) in [5.74, 6) is -1.96. The summed E-state index contributed by atoms with van der Waals surface area (Å²) >= 11 is 5.19. The normalized spacial score (nSPS) is 9.27. The molecule has 0 aromatic carbocycles. The Morgan fingerprint density at radius 1 is 1.55 bits per heavy atom. The van der Waals surface area contributed by atoms with Gasteiger partial charge in [0, 0.05) is 6.07 Å². The minimum absolute atomic E-state index is 0.436. The largest absolute Gasteiger partial charge is 0.215 e. The second-order valence-electron chi connectivity index (χ2n) is 1.70. The Morgan fingerprint density at radius 3 is 2.73 bits per heavy atom. The molecule has 1 heterocycles. The van der Waals surface area contributed by atoms with Crippen molar-refractivity contribution in [1.82, 2.24) is 4.98 Å². The van der Waals surface area contributed by atoms with E-state index in [1.54, 1.807) is 0 Å². The first-order valence-corrected chi connectivity index (χ1v) is 2.94. The van der Waals surface area contributed by atoms with Crippen LogP contribution in [-0.2, 0) is 0 Å². The van der Waals surface area contributed by atoms with Crippen LogP contribution in [0.1, 0.15) is 5.69 Å². The van der Waals surface area contributed by atoms with Gasteiger partial charge in [0.25, 0.3) is 0 Å². The Morgan fingerprint density at radius 2 is 2.18 bits per heavy atom. The molecule has 0 radical (unpaired) electrons. The zero-order valence-electron chi connectivity index (χ0n) is 5.11. The van der Waals surface area contributed by atoms with Crippen molar-refractivity contribution >= 4 is 11.6 Å². The molecule has 1 aromatic rings. The standard InChI is InChI=1S/C6HClF2N2/c7-3-1-5(8)11-4(2-10)6(3)9/h1H. The van der Waals surface area contributed by atoms with E-state index >= 15 is 0 Å². The van der Waals surface area contributed by atoms with Crippen molar-refractivity contribution in [2.24, 2.45) is 0 Å². The third-order valence-corrected chi connectivity index (χ3v) is 1.26. The van der Waals surface area contributed by atoms with Gasteiger partial charge in [0.2, 0.25) is 5.95 Å². The van der Waals surface area contributed by atoms with E-state index in [4.69, 9.17) is 16.9 Å². The van der Waals surface area contributed by atoms with Gasteiger partial charge < -0.3 is 0 Å². The summed E-state index contributed by atoms with van der Waals surface area (Å²) in [5, 5.41) is 7.75. The van der Waals surface area contributed by atoms with Crippen molar-refractivity contribution in [1.29, 1.82) is 5.26 Å². The number of nitrogens with zero attached hydrogens (tertiary/aromatic N) is 2. The van der Waals surface area contributed by atoms with Crippen LogP contribution in [0.2, 0.25) is 5.02 Å². The van der Waals surface area contributed by atoms with Gasteiger partial charge in [0.1, 0.15) is 6.07 Å². The molecule has 0 fully saturated rings. The number of hydrogen-bond donors (Lipinski definition) is 0. The Hall–Kier alpha value is -1.21. The van der Waals surface area contributed by atoms with Crippen LogP contribution in [0.3, 0.4) is 0 Å². The molecule has 0 amide bonds. The zero-order valence-corrected chi connectivity index (χ0v) is 5.86. The van der Waals surface area contributed by atoms with Crippen LogP contribution >= 0.6 is 11.6 Å². The lowest BCUT2D eigenvalue weighted by molar-refractivity contribution is 0.556. The summed E-state index contributed by atoms with van der Waals surface area (Å²) in [6, 6.07) is 2.07. The minimum atomic E-state index is -0.990. The number of halogens is 3. The molecule has 0 aliphatic carbocycles. The molecule has 2 nitrogen and oxygen atoms in total. The lowest BCUT2D eigenvalue weighted by atomic mass is 10.3. The van der Waals surface area contributed by atoms with Crippen molar-refractivity contribution in [3.05, 3.63) is 28.5 Å². The predicted molar refractivity (Wildman–Crippen MR) is 33.9 cm³/mol. The molecule has 11 heavy (non-hydrogen) atoms. The molecule has 56 valence electrons. The maximum absolute atomic E-state index is 12.6. The number of pyridine rings is 1. The van der Waals surface area contributed by atoms with Crippen molar-refractivity contribution in [3.8, 4) is 6.07 Å². The molecular formula is C6HClF2N2. The van der Waals surface area contributed by atoms with Gasteiger partial charge in [0.05, 0.1) is 5.02 Å². The summed E-state index contributed by atoms with van der Waals surface area (Å²) in [5.41, 5.74) is -0.630. The van der Waals surface area contributed by atoms with E-state index in [2.05, 4.69) is 4.98 Å². The number of hydrogen-bond acceptors (Lipinski definition) is 2. The van der Waals surface area contributed by atoms with E-state index in [0.717, 1.165) is 0 Å². The average Bonchev–Trinajstić information content (AvgIpc) is 1.96. The maximum Gasteiger partial charge on any atom is 0.215 e. The maximum atomic E-state index is 12.6. The number of nitriles is 1. The van der Waals surface area contributed by atoms with Crippen LogP contribution in [0.15, 0.2) is 6.07 Å². The molecule has 0 atom stereocenters. The van der Waals surface area contributed by atoms with Crippen molar-refractivity contribution in [2.45, 2.75) is 0 Å². The first-order chi connectivity index (χ1) is 5.15. The molecule has 5 heteroatoms. The van der Waals surface area contributed by atoms with Crippen LogP contribution in [-0.4, -0.2) is 4.98 Å². The van der Waals surface area contributed by atoms with Gasteiger partial charge >= 0.3 is 0 Å². The van der Waals surface area contributed by atoms with Crippen LogP contribution in [0.5, 0.6) is 0 Å². The van der Waals surface area contributed by atoms with Crippen molar-refractivity contribution < 1.29 is 8.78 Å². The SMILES string of the molecule is N#Cc1nc(F)cc(Cl)c1F. The third kappa shape index (κ3) is 1.44. The van der Waals surface area contributed by atoms with Gasteiger partial charge in [0.15, 0.2) is 11.5 Å². The van der Waals surface area contributed by atoms with Gasteiger partial charge in [-0.05, 0) is 0 Å². The van der Waals surface area contributed by atoms with Crippen molar-refractivity contribution in [3.63, 3.8) is 0 Å². The lowest BCUT2D eigenvalue weighted by Crippen LogP contribution is -1.93. The highest BCUT2D eigenvalue weighted by molar-refractivity contribution is 6.30. The van der Waals surface area contributed by atoms with E-state index < -0.39 is 22.5 Å². The quantitative estimate of drug-likeness (QED) is 0.563. The zero-order chi connectivity index (χ0) is 8.43. The summed E-state index contributed by atoms with van der Waals surface area (Å²) in [4.78, 5) is 2.96. The molecule has 1 aromatic heterocycles. The Labute approximate surface area is 66.0 Å². The van der Waals surface area contributed by atoms with Gasteiger partial charge in [-0.1, -0.05) is 11.6 Å². The van der Waals surface area contributed by atoms with E-state index in [-0.39, 0.29) is 0 Å². The Bertz CT molecular complexity index is 332. The molecule has 0 aliphatic heterocycles. The van der Waals surface area contributed by atoms with Gasteiger partial charge in [-0.15, -0.1) is 0 Å². The fourth-order valence-corrected chi connectivity index (χ4v) is 0.723. The number of rotatable bonds is 0. The molecule has 0 N–H and O–H groups in total. The molecule has 0 spiro atoms. The van der Waals surface area contributed by atoms with Crippen LogP contribution in [0.4, 0.5) is 8.78 Å². The van der Waals surface area contributed by atoms with E-state index in [1.165, 1.54) is 6.07 Å². The average molecular weight is 175 g/mol. The van der Waals surface area contributed by atoms with Gasteiger partial charge in [-0.3, -0.25) is 0 Å². The smallest absolute Gasteiger partial charge is 0.206 e. The van der Waals surface area contributed by atoms with E-state index in [1.807, 2.05) is 0 Å². The van der Waals surface area contributed by atoms with E-state index in [0.29, 0.717) is 6.07 Å². The topological polar surface area (TPSA) is 36.7 Å². The van der Waals surface area contributed by atoms with Crippen LogP contribution < -0.4 is 0 Å². The first-order valence-electron chi connectivity index (χ1n) is 2.57. The first kappa shape index (κ1) is 7.89. The second-order valence-corrected chi connectivity index (χ2v) is 2.11. The minimum Gasteiger partial charge on any atom is -0.206 e. The molecule has 1 rings (SSSR count). The summed E-state index contributed by atoms with van der Waals surface area (Å²) in [6.45, 7) is 0. The molecule has 0 bridgehead atoms. The third-order valence-electron chi connectivity index (χ3n) is 0.988. The monoisotopic (exact) mass is 174 g/mol. The van der Waals surface area contributed by atoms with Gasteiger partial charge in [-0.25, -0.2) is 9.37 Å². The molecular weight excluding hydrogens is 174 g/mol. The highest BCUT2D eigenvalue weighted by Gasteiger charge is 2.09. The summed E-state index contributed by atoms with van der Waals surface area (Å²) in [6.07, 6.45) is 0.